The Morgan fingerprint density at radius 1 is 1.32 bits per heavy atom. The van der Waals surface area contributed by atoms with Crippen molar-refractivity contribution in [3.8, 4) is 0 Å². The van der Waals surface area contributed by atoms with E-state index in [0.717, 1.165) is 12.1 Å². The molecular formula is C16H22N2O4. The molecule has 0 unspecified atom stereocenters. The Bertz CT molecular complexity index is 506. The summed E-state index contributed by atoms with van der Waals surface area (Å²) in [6.45, 7) is 3.22. The molecule has 2 rings (SSSR count). The number of ether oxygens (including phenoxy) is 1. The van der Waals surface area contributed by atoms with Gasteiger partial charge in [-0.1, -0.05) is 13.0 Å². The zero-order valence-electron chi connectivity index (χ0n) is 12.8. The molecule has 1 N–H and O–H groups in total. The largest absolute Gasteiger partial charge is 0.479 e. The van der Waals surface area contributed by atoms with Crippen molar-refractivity contribution >= 4 is 11.9 Å². The zero-order valence-corrected chi connectivity index (χ0v) is 12.8. The fourth-order valence-electron chi connectivity index (χ4n) is 2.60. The van der Waals surface area contributed by atoms with Gasteiger partial charge in [0.1, 0.15) is 6.10 Å². The van der Waals surface area contributed by atoms with Crippen LogP contribution in [0.15, 0.2) is 24.4 Å². The molecular weight excluding hydrogens is 284 g/mol. The summed E-state index contributed by atoms with van der Waals surface area (Å²) in [5.74, 6) is -1.10. The quantitative estimate of drug-likeness (QED) is 0.825. The number of hydrogen-bond acceptors (Lipinski definition) is 4. The van der Waals surface area contributed by atoms with Crippen LogP contribution in [0.1, 0.15) is 31.9 Å². The van der Waals surface area contributed by atoms with Gasteiger partial charge in [0.15, 0.2) is 6.10 Å². The predicted molar refractivity (Wildman–Crippen MR) is 80.3 cm³/mol. The van der Waals surface area contributed by atoms with E-state index in [9.17, 15) is 9.59 Å². The molecule has 0 aromatic carbocycles. The van der Waals surface area contributed by atoms with Gasteiger partial charge in [-0.15, -0.1) is 0 Å². The van der Waals surface area contributed by atoms with Crippen LogP contribution in [0.3, 0.4) is 0 Å². The maximum atomic E-state index is 12.5. The van der Waals surface area contributed by atoms with Crippen molar-refractivity contribution in [3.05, 3.63) is 30.1 Å². The summed E-state index contributed by atoms with van der Waals surface area (Å²) in [4.78, 5) is 29.4. The van der Waals surface area contributed by atoms with Crippen LogP contribution < -0.4 is 0 Å². The second kappa shape index (κ2) is 7.89. The van der Waals surface area contributed by atoms with Crippen molar-refractivity contribution in [2.45, 2.75) is 44.8 Å². The number of carboxylic acids is 1. The molecule has 1 aromatic rings. The molecule has 1 amide bonds. The van der Waals surface area contributed by atoms with E-state index in [1.165, 1.54) is 0 Å². The molecule has 1 aliphatic heterocycles. The number of pyridine rings is 1. The lowest BCUT2D eigenvalue weighted by Gasteiger charge is -2.25. The minimum Gasteiger partial charge on any atom is -0.479 e. The predicted octanol–water partition coefficient (Wildman–Crippen LogP) is 1.49. The fourth-order valence-corrected chi connectivity index (χ4v) is 2.60. The van der Waals surface area contributed by atoms with Crippen molar-refractivity contribution in [1.29, 1.82) is 0 Å². The van der Waals surface area contributed by atoms with Gasteiger partial charge in [-0.3, -0.25) is 9.78 Å². The second-order valence-corrected chi connectivity index (χ2v) is 5.43. The molecule has 1 aromatic heterocycles. The summed E-state index contributed by atoms with van der Waals surface area (Å²) in [5.41, 5.74) is 0.937. The van der Waals surface area contributed by atoms with Crippen LogP contribution in [0.5, 0.6) is 0 Å². The van der Waals surface area contributed by atoms with Gasteiger partial charge in [0, 0.05) is 31.4 Å². The minimum absolute atomic E-state index is 0.110. The van der Waals surface area contributed by atoms with Crippen LogP contribution in [-0.4, -0.2) is 52.2 Å². The monoisotopic (exact) mass is 306 g/mol. The van der Waals surface area contributed by atoms with Gasteiger partial charge in [0.25, 0.3) is 5.91 Å². The Labute approximate surface area is 130 Å². The highest BCUT2D eigenvalue weighted by molar-refractivity contribution is 5.82. The number of nitrogens with zero attached hydrogens (tertiary/aromatic N) is 2. The number of carbonyl (C=O) groups is 2. The van der Waals surface area contributed by atoms with Gasteiger partial charge in [-0.05, 0) is 31.4 Å². The maximum Gasteiger partial charge on any atom is 0.332 e. The smallest absolute Gasteiger partial charge is 0.332 e. The van der Waals surface area contributed by atoms with E-state index in [1.54, 1.807) is 11.1 Å². The Morgan fingerprint density at radius 3 is 2.68 bits per heavy atom. The van der Waals surface area contributed by atoms with E-state index >= 15 is 0 Å². The van der Waals surface area contributed by atoms with Crippen LogP contribution in [0, 0.1) is 0 Å². The molecule has 2 atom stereocenters. The molecule has 1 aliphatic rings. The number of aliphatic carboxylic acids is 1. The summed E-state index contributed by atoms with van der Waals surface area (Å²) < 4.78 is 5.36. The van der Waals surface area contributed by atoms with Crippen LogP contribution >= 0.6 is 0 Å². The van der Waals surface area contributed by atoms with Crippen LogP contribution in [0.4, 0.5) is 0 Å². The first-order chi connectivity index (χ1) is 10.6. The molecule has 22 heavy (non-hydrogen) atoms. The topological polar surface area (TPSA) is 79.7 Å². The lowest BCUT2D eigenvalue weighted by Crippen LogP contribution is -2.41. The van der Waals surface area contributed by atoms with E-state index in [2.05, 4.69) is 4.98 Å². The summed E-state index contributed by atoms with van der Waals surface area (Å²) in [6, 6.07) is 5.71. The Kier molecular flexibility index (Phi) is 5.89. The minimum atomic E-state index is -0.995. The SMILES string of the molecule is CCCN(CCc1ccccn1)C(=O)[C@@H]1CC[C@H](C(=O)O)O1. The molecule has 0 spiro atoms. The number of aromatic nitrogens is 1. The van der Waals surface area contributed by atoms with Gasteiger partial charge in [0.2, 0.25) is 0 Å². The normalized spacial score (nSPS) is 20.8. The van der Waals surface area contributed by atoms with Crippen molar-refractivity contribution in [1.82, 2.24) is 9.88 Å². The molecule has 1 saturated heterocycles. The van der Waals surface area contributed by atoms with E-state index in [4.69, 9.17) is 9.84 Å². The molecule has 0 aliphatic carbocycles. The number of rotatable bonds is 7. The fraction of sp³-hybridized carbons (Fsp3) is 0.562. The summed E-state index contributed by atoms with van der Waals surface area (Å²) in [7, 11) is 0. The lowest BCUT2D eigenvalue weighted by molar-refractivity contribution is -0.154. The summed E-state index contributed by atoms with van der Waals surface area (Å²) in [6.07, 6.45) is 2.65. The average molecular weight is 306 g/mol. The molecule has 0 bridgehead atoms. The van der Waals surface area contributed by atoms with Crippen molar-refractivity contribution in [3.63, 3.8) is 0 Å². The summed E-state index contributed by atoms with van der Waals surface area (Å²) >= 11 is 0. The number of carboxylic acid groups (broad SMARTS) is 1. The van der Waals surface area contributed by atoms with Crippen LogP contribution in [-0.2, 0) is 20.7 Å². The van der Waals surface area contributed by atoms with Crippen molar-refractivity contribution in [2.75, 3.05) is 13.1 Å². The van der Waals surface area contributed by atoms with E-state index in [-0.39, 0.29) is 5.91 Å². The van der Waals surface area contributed by atoms with Gasteiger partial charge in [0.05, 0.1) is 0 Å². The van der Waals surface area contributed by atoms with E-state index in [0.29, 0.717) is 32.4 Å². The third-order valence-corrected chi connectivity index (χ3v) is 3.74. The van der Waals surface area contributed by atoms with Crippen LogP contribution in [0.25, 0.3) is 0 Å². The van der Waals surface area contributed by atoms with Crippen LogP contribution in [0.2, 0.25) is 0 Å². The first kappa shape index (κ1) is 16.4. The Hall–Kier alpha value is -1.95. The Morgan fingerprint density at radius 2 is 2.09 bits per heavy atom. The van der Waals surface area contributed by atoms with Crippen molar-refractivity contribution < 1.29 is 19.4 Å². The summed E-state index contributed by atoms with van der Waals surface area (Å²) in [5, 5.41) is 8.95. The van der Waals surface area contributed by atoms with Crippen molar-refractivity contribution in [2.24, 2.45) is 0 Å². The first-order valence-corrected chi connectivity index (χ1v) is 7.68. The molecule has 2 heterocycles. The van der Waals surface area contributed by atoms with E-state index in [1.807, 2.05) is 25.1 Å². The molecule has 120 valence electrons. The lowest BCUT2D eigenvalue weighted by atomic mass is 10.1. The zero-order chi connectivity index (χ0) is 15.9. The molecule has 0 saturated carbocycles. The molecule has 1 fully saturated rings. The molecule has 6 nitrogen and oxygen atoms in total. The van der Waals surface area contributed by atoms with Gasteiger partial charge in [-0.25, -0.2) is 4.79 Å². The Balaban J connectivity index is 1.92. The molecule has 0 radical (unpaired) electrons. The standard InChI is InChI=1S/C16H22N2O4/c1-2-10-18(11-8-12-5-3-4-9-17-12)15(19)13-6-7-14(22-13)16(20)21/h3-5,9,13-14H,2,6-8,10-11H2,1H3,(H,20,21)/t13-,14+/m0/s1. The second-order valence-electron chi connectivity index (χ2n) is 5.43. The maximum absolute atomic E-state index is 12.5. The highest BCUT2D eigenvalue weighted by atomic mass is 16.5. The third-order valence-electron chi connectivity index (χ3n) is 3.74. The third kappa shape index (κ3) is 4.27. The number of carbonyl (C=O) groups excluding carboxylic acids is 1. The highest BCUT2D eigenvalue weighted by Gasteiger charge is 2.36. The van der Waals surface area contributed by atoms with Gasteiger partial charge >= 0.3 is 5.97 Å². The van der Waals surface area contributed by atoms with Gasteiger partial charge < -0.3 is 14.7 Å². The highest BCUT2D eigenvalue weighted by Crippen LogP contribution is 2.22. The average Bonchev–Trinajstić information content (AvgIpc) is 3.02. The molecule has 6 heteroatoms. The first-order valence-electron chi connectivity index (χ1n) is 7.68. The number of hydrogen-bond donors (Lipinski definition) is 1. The van der Waals surface area contributed by atoms with Gasteiger partial charge in [-0.2, -0.15) is 0 Å². The number of amides is 1. The van der Waals surface area contributed by atoms with E-state index < -0.39 is 18.2 Å².